The molecular weight excluding hydrogens is 665 g/mol. The minimum absolute atomic E-state index is 0.0944. The number of benzene rings is 8. The van der Waals surface area contributed by atoms with Gasteiger partial charge in [-0.1, -0.05) is 157 Å². The van der Waals surface area contributed by atoms with Crippen molar-refractivity contribution in [2.45, 2.75) is 57.8 Å². The molecular formula is C53H44N2. The van der Waals surface area contributed by atoms with Crippen LogP contribution in [0.5, 0.6) is 0 Å². The molecule has 3 aliphatic heterocycles. The molecule has 0 saturated heterocycles. The predicted octanol–water partition coefficient (Wildman–Crippen LogP) is 14.5. The van der Waals surface area contributed by atoms with Gasteiger partial charge < -0.3 is 9.80 Å². The molecule has 0 radical (unpaired) electrons. The van der Waals surface area contributed by atoms with Crippen molar-refractivity contribution in [1.82, 2.24) is 0 Å². The Bertz CT molecular complexity index is 2810. The molecule has 11 rings (SSSR count). The summed E-state index contributed by atoms with van der Waals surface area (Å²) in [5, 5.41) is 4.94. The van der Waals surface area contributed by atoms with Crippen LogP contribution in [0, 0.1) is 0 Å². The van der Waals surface area contributed by atoms with Crippen molar-refractivity contribution in [3.05, 3.63) is 191 Å². The molecule has 2 heteroatoms. The van der Waals surface area contributed by atoms with E-state index in [-0.39, 0.29) is 16.2 Å². The molecule has 0 saturated carbocycles. The predicted molar refractivity (Wildman–Crippen MR) is 233 cm³/mol. The Morgan fingerprint density at radius 1 is 0.364 bits per heavy atom. The molecule has 0 bridgehead atoms. The van der Waals surface area contributed by atoms with Crippen molar-refractivity contribution in [3.8, 4) is 11.1 Å². The van der Waals surface area contributed by atoms with Gasteiger partial charge in [0.2, 0.25) is 0 Å². The van der Waals surface area contributed by atoms with Crippen LogP contribution in [-0.2, 0) is 16.2 Å². The molecule has 2 nitrogen and oxygen atoms in total. The third-order valence-electron chi connectivity index (χ3n) is 13.4. The van der Waals surface area contributed by atoms with E-state index in [4.69, 9.17) is 0 Å². The van der Waals surface area contributed by atoms with Gasteiger partial charge in [-0.25, -0.2) is 0 Å². The molecule has 266 valence electrons. The van der Waals surface area contributed by atoms with E-state index in [9.17, 15) is 0 Å². The Morgan fingerprint density at radius 2 is 0.836 bits per heavy atom. The van der Waals surface area contributed by atoms with Crippen molar-refractivity contribution in [2.24, 2.45) is 0 Å². The minimum atomic E-state index is -0.181. The van der Waals surface area contributed by atoms with Crippen LogP contribution in [0.3, 0.4) is 0 Å². The average Bonchev–Trinajstić information content (AvgIpc) is 3.20. The molecule has 0 amide bonds. The molecule has 0 aliphatic carbocycles. The first-order valence-corrected chi connectivity index (χ1v) is 19.7. The maximum atomic E-state index is 2.65. The van der Waals surface area contributed by atoms with Crippen LogP contribution >= 0.6 is 0 Å². The Labute approximate surface area is 324 Å². The largest absolute Gasteiger partial charge is 0.310 e. The second-order valence-corrected chi connectivity index (χ2v) is 17.4. The van der Waals surface area contributed by atoms with Crippen LogP contribution in [0.1, 0.15) is 74.9 Å². The molecule has 0 N–H and O–H groups in total. The normalized spacial score (nSPS) is 16.2. The Morgan fingerprint density at radius 3 is 1.45 bits per heavy atom. The zero-order valence-corrected chi connectivity index (χ0v) is 32.4. The van der Waals surface area contributed by atoms with Crippen molar-refractivity contribution < 1.29 is 0 Å². The van der Waals surface area contributed by atoms with Crippen molar-refractivity contribution in [2.75, 3.05) is 9.80 Å². The lowest BCUT2D eigenvalue weighted by Gasteiger charge is -2.55. The topological polar surface area (TPSA) is 6.48 Å². The average molecular weight is 709 g/mol. The summed E-state index contributed by atoms with van der Waals surface area (Å²) >= 11 is 0. The zero-order chi connectivity index (χ0) is 37.4. The fourth-order valence-electron chi connectivity index (χ4n) is 10.3. The second-order valence-electron chi connectivity index (χ2n) is 17.4. The SMILES string of the molecule is CC1(C)c2cccc3c2N2c4c1cccc4C(C)(C)c1cc(-c4ccc(N(c5ccc6ccccc6c5)c5cccc6ccccc56)cc4)cc(c12)C3(C)C. The Hall–Kier alpha value is -6.12. The summed E-state index contributed by atoms with van der Waals surface area (Å²) in [6.45, 7) is 14.6. The maximum Gasteiger partial charge on any atom is 0.0544 e. The third-order valence-corrected chi connectivity index (χ3v) is 13.4. The summed E-state index contributed by atoms with van der Waals surface area (Å²) in [6.07, 6.45) is 0. The van der Waals surface area contributed by atoms with Crippen LogP contribution in [0.25, 0.3) is 32.7 Å². The number of fused-ring (bicyclic) bond motifs is 2. The molecule has 3 heterocycles. The number of nitrogens with zero attached hydrogens (tertiary/aromatic N) is 2. The second kappa shape index (κ2) is 11.0. The summed E-state index contributed by atoms with van der Waals surface area (Å²) in [5.74, 6) is 0. The highest BCUT2D eigenvalue weighted by Gasteiger charge is 2.51. The first kappa shape index (κ1) is 32.3. The number of hydrogen-bond donors (Lipinski definition) is 0. The van der Waals surface area contributed by atoms with Gasteiger partial charge in [-0.15, -0.1) is 0 Å². The summed E-state index contributed by atoms with van der Waals surface area (Å²) in [6, 6.07) is 59.1. The first-order chi connectivity index (χ1) is 26.5. The standard InChI is InChI=1S/C53H44N2/c1-51(2)41-19-12-21-43-48(41)55-49-42(51)20-13-22-44(49)53(5,6)46-32-37(31-45(50(46)55)52(43,3)4)34-24-27-38(28-25-34)54(39-29-26-33-14-7-8-16-36(33)30-39)47-23-11-17-35-15-9-10-18-40(35)47/h7-32H,1-6H3. The van der Waals surface area contributed by atoms with Crippen LogP contribution in [0.15, 0.2) is 158 Å². The lowest BCUT2D eigenvalue weighted by molar-refractivity contribution is 0.567. The smallest absolute Gasteiger partial charge is 0.0544 e. The van der Waals surface area contributed by atoms with Gasteiger partial charge in [0, 0.05) is 33.0 Å². The van der Waals surface area contributed by atoms with Gasteiger partial charge in [0.15, 0.2) is 0 Å². The number of rotatable bonds is 4. The van der Waals surface area contributed by atoms with Crippen molar-refractivity contribution in [1.29, 1.82) is 0 Å². The lowest BCUT2D eigenvalue weighted by Crippen LogP contribution is -2.43. The van der Waals surface area contributed by atoms with Crippen molar-refractivity contribution >= 4 is 55.7 Å². The molecule has 55 heavy (non-hydrogen) atoms. The van der Waals surface area contributed by atoms with Gasteiger partial charge in [-0.3, -0.25) is 0 Å². The van der Waals surface area contributed by atoms with Crippen LogP contribution in [0.4, 0.5) is 34.1 Å². The molecule has 0 fully saturated rings. The molecule has 0 spiro atoms. The zero-order valence-electron chi connectivity index (χ0n) is 32.4. The highest BCUT2D eigenvalue weighted by atomic mass is 15.2. The van der Waals surface area contributed by atoms with Gasteiger partial charge in [-0.2, -0.15) is 0 Å². The van der Waals surface area contributed by atoms with Gasteiger partial charge in [0.1, 0.15) is 0 Å². The van der Waals surface area contributed by atoms with Crippen LogP contribution < -0.4 is 9.80 Å². The molecule has 3 aliphatic rings. The molecule has 0 unspecified atom stereocenters. The van der Waals surface area contributed by atoms with E-state index in [0.717, 1.165) is 11.4 Å². The van der Waals surface area contributed by atoms with Crippen LogP contribution in [-0.4, -0.2) is 0 Å². The van der Waals surface area contributed by atoms with E-state index >= 15 is 0 Å². The molecule has 0 aromatic heterocycles. The maximum absolute atomic E-state index is 2.65. The monoisotopic (exact) mass is 708 g/mol. The highest BCUT2D eigenvalue weighted by Crippen LogP contribution is 2.66. The van der Waals surface area contributed by atoms with E-state index < -0.39 is 0 Å². The molecule has 8 aromatic carbocycles. The van der Waals surface area contributed by atoms with E-state index in [1.165, 1.54) is 88.8 Å². The summed E-state index contributed by atoms with van der Waals surface area (Å²) in [4.78, 5) is 5.07. The fraction of sp³-hybridized carbons (Fsp3) is 0.170. The lowest BCUT2D eigenvalue weighted by atomic mass is 9.60. The summed E-state index contributed by atoms with van der Waals surface area (Å²) in [7, 11) is 0. The van der Waals surface area contributed by atoms with Gasteiger partial charge in [0.25, 0.3) is 0 Å². The Balaban J connectivity index is 1.10. The van der Waals surface area contributed by atoms with Gasteiger partial charge >= 0.3 is 0 Å². The third kappa shape index (κ3) is 4.31. The number of anilines is 6. The highest BCUT2D eigenvalue weighted by molar-refractivity contribution is 6.01. The van der Waals surface area contributed by atoms with Gasteiger partial charge in [0.05, 0.1) is 22.7 Å². The van der Waals surface area contributed by atoms with E-state index in [1.54, 1.807) is 0 Å². The molecule has 8 aromatic rings. The summed E-state index contributed by atoms with van der Waals surface area (Å²) in [5.41, 5.74) is 18.1. The van der Waals surface area contributed by atoms with Crippen LogP contribution in [0.2, 0.25) is 0 Å². The van der Waals surface area contributed by atoms with E-state index in [1.807, 2.05) is 0 Å². The van der Waals surface area contributed by atoms with E-state index in [2.05, 4.69) is 209 Å². The van der Waals surface area contributed by atoms with Gasteiger partial charge in [-0.05, 0) is 103 Å². The minimum Gasteiger partial charge on any atom is -0.310 e. The Kier molecular flexibility index (Phi) is 6.45. The number of hydrogen-bond acceptors (Lipinski definition) is 2. The molecule has 0 atom stereocenters. The first-order valence-electron chi connectivity index (χ1n) is 19.7. The van der Waals surface area contributed by atoms with E-state index in [0.29, 0.717) is 0 Å². The number of para-hydroxylation sites is 2. The quantitative estimate of drug-likeness (QED) is 0.180. The van der Waals surface area contributed by atoms with Crippen molar-refractivity contribution in [3.63, 3.8) is 0 Å². The summed E-state index contributed by atoms with van der Waals surface area (Å²) < 4.78 is 0. The fourth-order valence-corrected chi connectivity index (χ4v) is 10.3.